The molecule has 0 aliphatic rings. The van der Waals surface area contributed by atoms with Gasteiger partial charge in [-0.2, -0.15) is 0 Å². The number of carbonyl (C=O) groups excluding carboxylic acids is 2. The van der Waals surface area contributed by atoms with Crippen LogP contribution in [0.4, 0.5) is 17.1 Å². The maximum Gasteiger partial charge on any atom is 0.292 e. The Morgan fingerprint density at radius 2 is 1.63 bits per heavy atom. The first-order valence-electron chi connectivity index (χ1n) is 8.13. The van der Waals surface area contributed by atoms with Crippen molar-refractivity contribution in [1.29, 1.82) is 0 Å². The monoisotopic (exact) mass is 390 g/mol. The van der Waals surface area contributed by atoms with Crippen molar-refractivity contribution < 1.29 is 14.5 Å². The molecule has 0 atom stereocenters. The number of nitro benzene ring substituents is 1. The summed E-state index contributed by atoms with van der Waals surface area (Å²) < 4.78 is 0. The molecule has 2 amide bonds. The van der Waals surface area contributed by atoms with Crippen LogP contribution in [0.5, 0.6) is 0 Å². The summed E-state index contributed by atoms with van der Waals surface area (Å²) in [7, 11) is 1.70. The Kier molecular flexibility index (Phi) is 7.27. The van der Waals surface area contributed by atoms with Crippen molar-refractivity contribution in [2.45, 2.75) is 6.42 Å². The quantitative estimate of drug-likeness (QED) is 0.532. The number of likely N-dealkylation sites (N-methyl/N-ethyl adjacent to an activating group) is 1. The van der Waals surface area contributed by atoms with Crippen LogP contribution in [0.3, 0.4) is 0 Å². The summed E-state index contributed by atoms with van der Waals surface area (Å²) in [5.41, 5.74) is 0.497. The summed E-state index contributed by atoms with van der Waals surface area (Å²) in [6.07, 6.45) is 0.0852. The lowest BCUT2D eigenvalue weighted by atomic mass is 10.2. The van der Waals surface area contributed by atoms with E-state index < -0.39 is 4.92 Å². The Morgan fingerprint density at radius 1 is 1.04 bits per heavy atom. The van der Waals surface area contributed by atoms with Gasteiger partial charge in [0.2, 0.25) is 11.8 Å². The minimum atomic E-state index is -0.555. The lowest BCUT2D eigenvalue weighted by Gasteiger charge is -2.16. The second-order valence-corrected chi connectivity index (χ2v) is 6.25. The van der Waals surface area contributed by atoms with E-state index in [4.69, 9.17) is 11.6 Å². The smallest absolute Gasteiger partial charge is 0.292 e. The number of hydrogen-bond donors (Lipinski definition) is 2. The highest BCUT2D eigenvalue weighted by molar-refractivity contribution is 6.33. The van der Waals surface area contributed by atoms with E-state index in [0.29, 0.717) is 17.3 Å². The fraction of sp³-hybridized carbons (Fsp3) is 0.222. The number of para-hydroxylation sites is 3. The lowest BCUT2D eigenvalue weighted by Crippen LogP contribution is -2.32. The maximum atomic E-state index is 12.0. The molecule has 0 aromatic heterocycles. The van der Waals surface area contributed by atoms with Crippen LogP contribution >= 0.6 is 11.6 Å². The van der Waals surface area contributed by atoms with E-state index in [2.05, 4.69) is 10.6 Å². The molecule has 0 aliphatic heterocycles. The fourth-order valence-corrected chi connectivity index (χ4v) is 2.50. The first kappa shape index (κ1) is 20.3. The van der Waals surface area contributed by atoms with Gasteiger partial charge in [0.25, 0.3) is 5.69 Å². The highest BCUT2D eigenvalue weighted by atomic mass is 35.5. The summed E-state index contributed by atoms with van der Waals surface area (Å²) in [5, 5.41) is 16.6. The van der Waals surface area contributed by atoms with Gasteiger partial charge in [0.05, 0.1) is 22.2 Å². The molecule has 2 aromatic rings. The van der Waals surface area contributed by atoms with Gasteiger partial charge in [-0.1, -0.05) is 35.9 Å². The normalized spacial score (nSPS) is 10.5. The average molecular weight is 391 g/mol. The molecule has 9 heteroatoms. The van der Waals surface area contributed by atoms with Gasteiger partial charge in [0.15, 0.2) is 0 Å². The first-order valence-corrected chi connectivity index (χ1v) is 8.51. The van der Waals surface area contributed by atoms with Gasteiger partial charge in [-0.25, -0.2) is 0 Å². The van der Waals surface area contributed by atoms with Crippen molar-refractivity contribution in [2.75, 3.05) is 30.8 Å². The molecule has 0 unspecified atom stereocenters. The SMILES string of the molecule is CN(CCC(=O)Nc1ccccc1[N+](=O)[O-])CC(=O)Nc1ccccc1Cl. The number of hydrogen-bond acceptors (Lipinski definition) is 5. The molecule has 2 N–H and O–H groups in total. The zero-order valence-corrected chi connectivity index (χ0v) is 15.4. The van der Waals surface area contributed by atoms with Crippen molar-refractivity contribution >= 4 is 40.5 Å². The molecule has 0 saturated heterocycles. The molecule has 0 bridgehead atoms. The van der Waals surface area contributed by atoms with Crippen molar-refractivity contribution in [1.82, 2.24) is 4.90 Å². The Balaban J connectivity index is 1.80. The Labute approximate surface area is 161 Å². The van der Waals surface area contributed by atoms with E-state index >= 15 is 0 Å². The van der Waals surface area contributed by atoms with Gasteiger partial charge in [-0.3, -0.25) is 24.6 Å². The Bertz CT molecular complexity index is 844. The topological polar surface area (TPSA) is 105 Å². The third-order valence-electron chi connectivity index (χ3n) is 3.66. The van der Waals surface area contributed by atoms with E-state index in [1.807, 2.05) is 0 Å². The highest BCUT2D eigenvalue weighted by Crippen LogP contribution is 2.23. The molecule has 2 aromatic carbocycles. The summed E-state index contributed by atoms with van der Waals surface area (Å²) in [6, 6.07) is 12.8. The predicted octanol–water partition coefficient (Wildman–Crippen LogP) is 3.15. The zero-order chi connectivity index (χ0) is 19.8. The van der Waals surface area contributed by atoms with Crippen molar-refractivity contribution in [3.8, 4) is 0 Å². The van der Waals surface area contributed by atoms with Crippen LogP contribution in [0.1, 0.15) is 6.42 Å². The molecule has 2 rings (SSSR count). The molecule has 27 heavy (non-hydrogen) atoms. The van der Waals surface area contributed by atoms with Gasteiger partial charge in [-0.15, -0.1) is 0 Å². The largest absolute Gasteiger partial charge is 0.324 e. The number of halogens is 1. The minimum absolute atomic E-state index is 0.0734. The molecule has 0 heterocycles. The van der Waals surface area contributed by atoms with Crippen LogP contribution in [0.15, 0.2) is 48.5 Å². The van der Waals surface area contributed by atoms with Crippen LogP contribution in [0.2, 0.25) is 5.02 Å². The second-order valence-electron chi connectivity index (χ2n) is 5.84. The molecular formula is C18H19ClN4O4. The first-order chi connectivity index (χ1) is 12.9. The van der Waals surface area contributed by atoms with Gasteiger partial charge < -0.3 is 10.6 Å². The number of amides is 2. The summed E-state index contributed by atoms with van der Waals surface area (Å²) in [4.78, 5) is 36.2. The second kappa shape index (κ2) is 9.65. The van der Waals surface area contributed by atoms with Crippen molar-refractivity contribution in [3.63, 3.8) is 0 Å². The molecule has 0 radical (unpaired) electrons. The molecular weight excluding hydrogens is 372 g/mol. The molecule has 0 spiro atoms. The summed E-state index contributed by atoms with van der Waals surface area (Å²) >= 11 is 5.99. The van der Waals surface area contributed by atoms with E-state index in [-0.39, 0.29) is 36.2 Å². The predicted molar refractivity (Wildman–Crippen MR) is 104 cm³/mol. The number of anilines is 2. The third-order valence-corrected chi connectivity index (χ3v) is 3.99. The number of nitrogens with one attached hydrogen (secondary N) is 2. The number of benzene rings is 2. The summed E-state index contributed by atoms with van der Waals surface area (Å²) in [6.45, 7) is 0.381. The van der Waals surface area contributed by atoms with Crippen LogP contribution in [-0.2, 0) is 9.59 Å². The van der Waals surface area contributed by atoms with Crippen molar-refractivity contribution in [2.24, 2.45) is 0 Å². The van der Waals surface area contributed by atoms with E-state index in [9.17, 15) is 19.7 Å². The minimum Gasteiger partial charge on any atom is -0.324 e. The fourth-order valence-electron chi connectivity index (χ4n) is 2.32. The van der Waals surface area contributed by atoms with Gasteiger partial charge in [0.1, 0.15) is 5.69 Å². The van der Waals surface area contributed by atoms with Crippen LogP contribution < -0.4 is 10.6 Å². The van der Waals surface area contributed by atoms with Crippen molar-refractivity contribution in [3.05, 3.63) is 63.7 Å². The van der Waals surface area contributed by atoms with Gasteiger partial charge >= 0.3 is 0 Å². The molecule has 0 saturated carbocycles. The Hall–Kier alpha value is -2.97. The number of rotatable bonds is 8. The number of nitro groups is 1. The highest BCUT2D eigenvalue weighted by Gasteiger charge is 2.15. The van der Waals surface area contributed by atoms with Crippen LogP contribution in [0, 0.1) is 10.1 Å². The van der Waals surface area contributed by atoms with E-state index in [0.717, 1.165) is 0 Å². The van der Waals surface area contributed by atoms with Gasteiger partial charge in [0, 0.05) is 19.0 Å². The lowest BCUT2D eigenvalue weighted by molar-refractivity contribution is -0.383. The molecule has 0 aliphatic carbocycles. The van der Waals surface area contributed by atoms with Crippen LogP contribution in [0.25, 0.3) is 0 Å². The molecule has 0 fully saturated rings. The van der Waals surface area contributed by atoms with E-state index in [1.165, 1.54) is 18.2 Å². The third kappa shape index (κ3) is 6.36. The molecule has 142 valence electrons. The number of nitrogens with zero attached hydrogens (tertiary/aromatic N) is 2. The maximum absolute atomic E-state index is 12.0. The van der Waals surface area contributed by atoms with Crippen LogP contribution in [-0.4, -0.2) is 41.8 Å². The zero-order valence-electron chi connectivity index (χ0n) is 14.6. The standard InChI is InChI=1S/C18H19ClN4O4/c1-22(12-18(25)20-14-7-3-2-6-13(14)19)11-10-17(24)21-15-8-4-5-9-16(15)23(26)27/h2-9H,10-12H2,1H3,(H,20,25)(H,21,24). The molecule has 8 nitrogen and oxygen atoms in total. The average Bonchev–Trinajstić information content (AvgIpc) is 2.62. The number of carbonyl (C=O) groups is 2. The summed E-state index contributed by atoms with van der Waals surface area (Å²) in [5.74, 6) is -0.632. The van der Waals surface area contributed by atoms with Gasteiger partial charge in [-0.05, 0) is 25.2 Å². The Morgan fingerprint density at radius 3 is 2.30 bits per heavy atom. The van der Waals surface area contributed by atoms with E-state index in [1.54, 1.807) is 42.3 Å².